The van der Waals surface area contributed by atoms with E-state index in [1.807, 2.05) is 6.92 Å². The van der Waals surface area contributed by atoms with Crippen molar-refractivity contribution in [1.82, 2.24) is 0 Å². The minimum Gasteiger partial charge on any atom is -0.497 e. The van der Waals surface area contributed by atoms with E-state index in [9.17, 15) is 4.79 Å². The molecule has 0 aromatic heterocycles. The van der Waals surface area contributed by atoms with Crippen LogP contribution >= 0.6 is 23.2 Å². The van der Waals surface area contributed by atoms with Crippen LogP contribution in [-0.2, 0) is 0 Å². The summed E-state index contributed by atoms with van der Waals surface area (Å²) in [6.07, 6.45) is 0. The minimum absolute atomic E-state index is 0.0771. The first-order valence-electron chi connectivity index (χ1n) is 4.03. The molecule has 2 nitrogen and oxygen atoms in total. The zero-order chi connectivity index (χ0) is 10.7. The van der Waals surface area contributed by atoms with Crippen LogP contribution in [0.3, 0.4) is 0 Å². The molecule has 1 aromatic carbocycles. The van der Waals surface area contributed by atoms with Crippen LogP contribution in [0, 0.1) is 6.92 Å². The summed E-state index contributed by atoms with van der Waals surface area (Å²) in [7, 11) is 1.54. The van der Waals surface area contributed by atoms with Crippen molar-refractivity contribution in [3.8, 4) is 5.75 Å². The zero-order valence-corrected chi connectivity index (χ0v) is 9.45. The quantitative estimate of drug-likeness (QED) is 0.592. The van der Waals surface area contributed by atoms with Gasteiger partial charge in [0.15, 0.2) is 5.78 Å². The molecular weight excluding hydrogens is 223 g/mol. The standard InChI is InChI=1S/C10H10Cl2O2/c1-6-3-7(14-2)4-8(10(6)12)9(13)5-11/h3-4H,5H2,1-2H3. The van der Waals surface area contributed by atoms with Crippen LogP contribution in [-0.4, -0.2) is 18.8 Å². The lowest BCUT2D eigenvalue weighted by atomic mass is 10.1. The zero-order valence-electron chi connectivity index (χ0n) is 7.93. The predicted octanol–water partition coefficient (Wildman–Crippen LogP) is 3.08. The van der Waals surface area contributed by atoms with Crippen LogP contribution in [0.4, 0.5) is 0 Å². The lowest BCUT2D eigenvalue weighted by molar-refractivity contribution is 0.102. The molecule has 0 aliphatic rings. The van der Waals surface area contributed by atoms with Gasteiger partial charge in [0, 0.05) is 5.56 Å². The second-order valence-corrected chi connectivity index (χ2v) is 3.51. The SMILES string of the molecule is COc1cc(C)c(Cl)c(C(=O)CCl)c1. The van der Waals surface area contributed by atoms with E-state index in [4.69, 9.17) is 27.9 Å². The molecule has 4 heteroatoms. The number of halogens is 2. The van der Waals surface area contributed by atoms with Crippen molar-refractivity contribution in [3.63, 3.8) is 0 Å². The number of Topliss-reactive ketones (excluding diaryl/α,β-unsaturated/α-hetero) is 1. The number of hydrogen-bond acceptors (Lipinski definition) is 2. The number of methoxy groups -OCH3 is 1. The molecule has 0 fully saturated rings. The van der Waals surface area contributed by atoms with Crippen molar-refractivity contribution >= 4 is 29.0 Å². The van der Waals surface area contributed by atoms with E-state index in [-0.39, 0.29) is 11.7 Å². The maximum absolute atomic E-state index is 11.4. The van der Waals surface area contributed by atoms with Crippen LogP contribution in [0.2, 0.25) is 5.02 Å². The number of alkyl halides is 1. The normalized spacial score (nSPS) is 10.0. The summed E-state index contributed by atoms with van der Waals surface area (Å²) >= 11 is 11.4. The van der Waals surface area contributed by atoms with E-state index >= 15 is 0 Å². The van der Waals surface area contributed by atoms with E-state index in [0.29, 0.717) is 16.3 Å². The number of carbonyl (C=O) groups is 1. The third kappa shape index (κ3) is 2.20. The molecule has 0 amide bonds. The van der Waals surface area contributed by atoms with Gasteiger partial charge in [-0.05, 0) is 24.6 Å². The van der Waals surface area contributed by atoms with Crippen molar-refractivity contribution in [2.75, 3.05) is 13.0 Å². The van der Waals surface area contributed by atoms with Gasteiger partial charge in [-0.3, -0.25) is 4.79 Å². The number of hydrogen-bond donors (Lipinski definition) is 0. The first kappa shape index (κ1) is 11.3. The largest absolute Gasteiger partial charge is 0.497 e. The number of rotatable bonds is 3. The van der Waals surface area contributed by atoms with Crippen molar-refractivity contribution in [3.05, 3.63) is 28.3 Å². The fourth-order valence-electron chi connectivity index (χ4n) is 1.13. The average molecular weight is 233 g/mol. The highest BCUT2D eigenvalue weighted by Gasteiger charge is 2.12. The van der Waals surface area contributed by atoms with Crippen LogP contribution < -0.4 is 4.74 Å². The summed E-state index contributed by atoms with van der Waals surface area (Å²) in [5.74, 6) is 0.339. The van der Waals surface area contributed by atoms with Crippen molar-refractivity contribution in [1.29, 1.82) is 0 Å². The Morgan fingerprint density at radius 2 is 2.14 bits per heavy atom. The number of ketones is 1. The van der Waals surface area contributed by atoms with Gasteiger partial charge in [0.05, 0.1) is 18.0 Å². The summed E-state index contributed by atoms with van der Waals surface area (Å²) in [6, 6.07) is 3.37. The molecule has 14 heavy (non-hydrogen) atoms. The molecule has 0 unspecified atom stereocenters. The van der Waals surface area contributed by atoms with Gasteiger partial charge >= 0.3 is 0 Å². The molecule has 0 aliphatic heterocycles. The topological polar surface area (TPSA) is 26.3 Å². The number of benzene rings is 1. The molecule has 0 spiro atoms. The third-order valence-corrected chi connectivity index (χ3v) is 2.63. The highest BCUT2D eigenvalue weighted by atomic mass is 35.5. The van der Waals surface area contributed by atoms with E-state index < -0.39 is 0 Å². The maximum Gasteiger partial charge on any atom is 0.179 e. The second-order valence-electron chi connectivity index (χ2n) is 2.86. The summed E-state index contributed by atoms with van der Waals surface area (Å²) in [5, 5.41) is 0.441. The van der Waals surface area contributed by atoms with E-state index in [1.165, 1.54) is 7.11 Å². The molecule has 76 valence electrons. The Labute approximate surface area is 92.8 Å². The lowest BCUT2D eigenvalue weighted by Crippen LogP contribution is -2.03. The third-order valence-electron chi connectivity index (χ3n) is 1.89. The highest BCUT2D eigenvalue weighted by molar-refractivity contribution is 6.37. The molecular formula is C10H10Cl2O2. The molecule has 0 radical (unpaired) electrons. The Morgan fingerprint density at radius 3 is 2.64 bits per heavy atom. The van der Waals surface area contributed by atoms with Crippen molar-refractivity contribution < 1.29 is 9.53 Å². The molecule has 0 bridgehead atoms. The Hall–Kier alpha value is -0.730. The summed E-state index contributed by atoms with van der Waals surface area (Å²) in [4.78, 5) is 11.4. The van der Waals surface area contributed by atoms with Crippen LogP contribution in [0.25, 0.3) is 0 Å². The minimum atomic E-state index is -0.196. The number of aryl methyl sites for hydroxylation is 1. The van der Waals surface area contributed by atoms with Gasteiger partial charge in [0.2, 0.25) is 0 Å². The first-order chi connectivity index (χ1) is 6.60. The summed E-state index contributed by atoms with van der Waals surface area (Å²) in [5.41, 5.74) is 1.22. The Morgan fingerprint density at radius 1 is 1.50 bits per heavy atom. The molecule has 0 atom stereocenters. The van der Waals surface area contributed by atoms with Crippen LogP contribution in [0.1, 0.15) is 15.9 Å². The molecule has 0 N–H and O–H groups in total. The number of carbonyl (C=O) groups excluding carboxylic acids is 1. The van der Waals surface area contributed by atoms with E-state index in [1.54, 1.807) is 12.1 Å². The molecule has 0 saturated heterocycles. The van der Waals surface area contributed by atoms with Gasteiger partial charge in [0.25, 0.3) is 0 Å². The highest BCUT2D eigenvalue weighted by Crippen LogP contribution is 2.27. The number of ether oxygens (including phenoxy) is 1. The summed E-state index contributed by atoms with van der Waals surface area (Å²) < 4.78 is 5.03. The molecule has 0 heterocycles. The fraction of sp³-hybridized carbons (Fsp3) is 0.300. The lowest BCUT2D eigenvalue weighted by Gasteiger charge is -2.07. The van der Waals surface area contributed by atoms with E-state index in [2.05, 4.69) is 0 Å². The van der Waals surface area contributed by atoms with Gasteiger partial charge in [0.1, 0.15) is 5.75 Å². The molecule has 0 aliphatic carbocycles. The fourth-order valence-corrected chi connectivity index (χ4v) is 1.49. The van der Waals surface area contributed by atoms with Crippen molar-refractivity contribution in [2.24, 2.45) is 0 Å². The Bertz CT molecular complexity index is 361. The van der Waals surface area contributed by atoms with E-state index in [0.717, 1.165) is 5.56 Å². The molecule has 0 saturated carbocycles. The van der Waals surface area contributed by atoms with Crippen molar-refractivity contribution in [2.45, 2.75) is 6.92 Å². The van der Waals surface area contributed by atoms with Crippen LogP contribution in [0.15, 0.2) is 12.1 Å². The Kier molecular flexibility index (Phi) is 3.78. The molecule has 1 aromatic rings. The maximum atomic E-state index is 11.4. The van der Waals surface area contributed by atoms with Gasteiger partial charge < -0.3 is 4.74 Å². The van der Waals surface area contributed by atoms with Gasteiger partial charge in [-0.2, -0.15) is 0 Å². The smallest absolute Gasteiger partial charge is 0.179 e. The average Bonchev–Trinajstić information content (AvgIpc) is 2.20. The Balaban J connectivity index is 3.27. The first-order valence-corrected chi connectivity index (χ1v) is 4.94. The summed E-state index contributed by atoms with van der Waals surface area (Å²) in [6.45, 7) is 1.82. The predicted molar refractivity (Wildman–Crippen MR) is 57.8 cm³/mol. The second kappa shape index (κ2) is 4.67. The van der Waals surface area contributed by atoms with Gasteiger partial charge in [-0.25, -0.2) is 0 Å². The van der Waals surface area contributed by atoms with Gasteiger partial charge in [-0.1, -0.05) is 11.6 Å². The monoisotopic (exact) mass is 232 g/mol. The van der Waals surface area contributed by atoms with Crippen LogP contribution in [0.5, 0.6) is 5.75 Å². The van der Waals surface area contributed by atoms with Gasteiger partial charge in [-0.15, -0.1) is 11.6 Å². The molecule has 1 rings (SSSR count).